The Kier molecular flexibility index (Phi) is 9.37. The molecule has 3 amide bonds. The van der Waals surface area contributed by atoms with Crippen molar-refractivity contribution in [3.63, 3.8) is 0 Å². The largest absolute Gasteiger partial charge is 0.487 e. The van der Waals surface area contributed by atoms with Gasteiger partial charge in [0.2, 0.25) is 0 Å². The molecule has 0 saturated heterocycles. The first-order chi connectivity index (χ1) is 19.9. The molecule has 0 saturated carbocycles. The smallest absolute Gasteiger partial charge is 0.321 e. The fourth-order valence-corrected chi connectivity index (χ4v) is 5.59. The first kappa shape index (κ1) is 30.8. The van der Waals surface area contributed by atoms with Gasteiger partial charge in [-0.15, -0.1) is 0 Å². The number of ether oxygens (including phenoxy) is 1. The van der Waals surface area contributed by atoms with Gasteiger partial charge in [0, 0.05) is 30.9 Å². The van der Waals surface area contributed by atoms with Gasteiger partial charge in [-0.3, -0.25) is 9.52 Å². The van der Waals surface area contributed by atoms with E-state index >= 15 is 0 Å². The van der Waals surface area contributed by atoms with Gasteiger partial charge >= 0.3 is 6.03 Å². The number of nitrogens with zero attached hydrogens (tertiary/aromatic N) is 2. The Morgan fingerprint density at radius 3 is 2.40 bits per heavy atom. The Hall–Kier alpha value is -4.16. The van der Waals surface area contributed by atoms with Gasteiger partial charge in [0.25, 0.3) is 15.9 Å². The third-order valence-corrected chi connectivity index (χ3v) is 8.54. The second-order valence-corrected chi connectivity index (χ2v) is 12.3. The first-order valence-electron chi connectivity index (χ1n) is 13.5. The normalized spacial score (nSPS) is 17.8. The third kappa shape index (κ3) is 7.18. The number of nitrogens with one attached hydrogen (secondary N) is 2. The zero-order chi connectivity index (χ0) is 30.6. The van der Waals surface area contributed by atoms with E-state index in [1.54, 1.807) is 26.1 Å². The maximum atomic E-state index is 13.7. The zero-order valence-electron chi connectivity index (χ0n) is 23.9. The molecule has 0 bridgehead atoms. The van der Waals surface area contributed by atoms with Crippen molar-refractivity contribution in [3.05, 3.63) is 83.7 Å². The predicted molar refractivity (Wildman–Crippen MR) is 158 cm³/mol. The van der Waals surface area contributed by atoms with Crippen LogP contribution < -0.4 is 14.8 Å². The van der Waals surface area contributed by atoms with Crippen LogP contribution in [0.5, 0.6) is 5.75 Å². The van der Waals surface area contributed by atoms with Crippen LogP contribution in [0.3, 0.4) is 0 Å². The van der Waals surface area contributed by atoms with Crippen LogP contribution in [-0.4, -0.2) is 74.2 Å². The van der Waals surface area contributed by atoms with Gasteiger partial charge < -0.3 is 25.0 Å². The second-order valence-electron chi connectivity index (χ2n) is 10.6. The highest BCUT2D eigenvalue weighted by molar-refractivity contribution is 7.92. The maximum Gasteiger partial charge on any atom is 0.321 e. The number of carbonyl (C=O) groups is 2. The van der Waals surface area contributed by atoms with Gasteiger partial charge in [-0.05, 0) is 68.4 Å². The number of likely N-dealkylation sites (N-methyl/N-ethyl adjacent to an activating group) is 1. The minimum absolute atomic E-state index is 0.0776. The Labute approximate surface area is 245 Å². The van der Waals surface area contributed by atoms with Crippen LogP contribution in [0, 0.1) is 18.7 Å². The quantitative estimate of drug-likeness (QED) is 0.354. The van der Waals surface area contributed by atoms with Crippen molar-refractivity contribution >= 4 is 33.3 Å². The minimum Gasteiger partial charge on any atom is -0.487 e. The molecule has 3 atom stereocenters. The second kappa shape index (κ2) is 12.8. The highest BCUT2D eigenvalue weighted by Crippen LogP contribution is 2.31. The van der Waals surface area contributed by atoms with E-state index in [0.29, 0.717) is 5.69 Å². The SMILES string of the molecule is Cc1ccc(S(=O)(=O)Nc2ccc3c(c2)C(=O)N([C@@H](C)CO)C[C@H](C)[C@H](CN(C)C(=O)Nc2ccc(F)cc2)O3)cc1. The van der Waals surface area contributed by atoms with Crippen molar-refractivity contribution in [3.8, 4) is 5.75 Å². The summed E-state index contributed by atoms with van der Waals surface area (Å²) in [7, 11) is -2.33. The highest BCUT2D eigenvalue weighted by atomic mass is 32.2. The fraction of sp³-hybridized carbons (Fsp3) is 0.333. The predicted octanol–water partition coefficient (Wildman–Crippen LogP) is 4.32. The summed E-state index contributed by atoms with van der Waals surface area (Å²) < 4.78 is 48.1. The number of amides is 3. The van der Waals surface area contributed by atoms with Crippen LogP contribution in [0.15, 0.2) is 71.6 Å². The summed E-state index contributed by atoms with van der Waals surface area (Å²) in [6, 6.07) is 15.3. The number of benzene rings is 3. The molecule has 3 aromatic carbocycles. The molecule has 42 heavy (non-hydrogen) atoms. The van der Waals surface area contributed by atoms with Gasteiger partial charge in [0.05, 0.1) is 29.7 Å². The molecule has 0 radical (unpaired) electrons. The molecule has 1 aliphatic rings. The molecule has 3 aromatic rings. The van der Waals surface area contributed by atoms with Crippen LogP contribution in [0.1, 0.15) is 29.8 Å². The molecule has 0 aromatic heterocycles. The van der Waals surface area contributed by atoms with E-state index in [0.717, 1.165) is 5.56 Å². The fourth-order valence-electron chi connectivity index (χ4n) is 4.54. The number of aliphatic hydroxyl groups is 1. The van der Waals surface area contributed by atoms with Gasteiger partial charge in [-0.25, -0.2) is 17.6 Å². The number of sulfonamides is 1. The average molecular weight is 599 g/mol. The lowest BCUT2D eigenvalue weighted by atomic mass is 9.99. The van der Waals surface area contributed by atoms with Gasteiger partial charge in [0.15, 0.2) is 0 Å². The number of rotatable bonds is 8. The van der Waals surface area contributed by atoms with E-state index in [1.165, 1.54) is 64.4 Å². The summed E-state index contributed by atoms with van der Waals surface area (Å²) in [6.45, 7) is 5.54. The van der Waals surface area contributed by atoms with Gasteiger partial charge in [-0.2, -0.15) is 0 Å². The summed E-state index contributed by atoms with van der Waals surface area (Å²) in [5, 5.41) is 12.6. The lowest BCUT2D eigenvalue weighted by Crippen LogP contribution is -2.50. The molecule has 12 heteroatoms. The number of aliphatic hydroxyl groups excluding tert-OH is 1. The van der Waals surface area contributed by atoms with E-state index in [4.69, 9.17) is 4.74 Å². The Bertz CT molecular complexity index is 1530. The topological polar surface area (TPSA) is 128 Å². The summed E-state index contributed by atoms with van der Waals surface area (Å²) in [5.74, 6) is -0.871. The monoisotopic (exact) mass is 598 g/mol. The molecule has 224 valence electrons. The standard InChI is InChI=1S/C30H35FN4O6S/c1-19-5-12-25(13-6-19)42(39,40)33-24-11-14-27-26(15-24)29(37)35(21(3)18-36)16-20(2)28(41-27)17-34(4)30(38)32-23-9-7-22(31)8-10-23/h5-15,20-21,28,33,36H,16-18H2,1-4H3,(H,32,38)/t20-,21-,28-/m0/s1. The molecule has 0 fully saturated rings. The summed E-state index contributed by atoms with van der Waals surface area (Å²) in [5.41, 5.74) is 1.64. The number of hydrogen-bond acceptors (Lipinski definition) is 6. The third-order valence-electron chi connectivity index (χ3n) is 7.14. The number of aryl methyl sites for hydroxylation is 1. The molecule has 3 N–H and O–H groups in total. The number of carbonyl (C=O) groups excluding carboxylic acids is 2. The molecular weight excluding hydrogens is 563 g/mol. The molecule has 0 spiro atoms. The summed E-state index contributed by atoms with van der Waals surface area (Å²) >= 11 is 0. The molecule has 0 aliphatic carbocycles. The minimum atomic E-state index is -3.93. The van der Waals surface area contributed by atoms with Crippen molar-refractivity contribution in [1.82, 2.24) is 9.80 Å². The van der Waals surface area contributed by atoms with Crippen LogP contribution in [0.25, 0.3) is 0 Å². The van der Waals surface area contributed by atoms with Crippen molar-refractivity contribution in [2.24, 2.45) is 5.92 Å². The Morgan fingerprint density at radius 1 is 1.12 bits per heavy atom. The van der Waals surface area contributed by atoms with Crippen LogP contribution in [-0.2, 0) is 10.0 Å². The lowest BCUT2D eigenvalue weighted by molar-refractivity contribution is 0.0371. The molecule has 1 aliphatic heterocycles. The van der Waals surface area contributed by atoms with Gasteiger partial charge in [0.1, 0.15) is 17.7 Å². The van der Waals surface area contributed by atoms with Crippen LogP contribution in [0.2, 0.25) is 0 Å². The van der Waals surface area contributed by atoms with Crippen molar-refractivity contribution < 1.29 is 32.2 Å². The lowest BCUT2D eigenvalue weighted by Gasteiger charge is -2.38. The van der Waals surface area contributed by atoms with E-state index in [9.17, 15) is 27.5 Å². The average Bonchev–Trinajstić information content (AvgIpc) is 2.96. The van der Waals surface area contributed by atoms with E-state index < -0.39 is 39.9 Å². The van der Waals surface area contributed by atoms with E-state index in [1.807, 2.05) is 13.8 Å². The number of urea groups is 1. The number of halogens is 1. The number of hydrogen-bond donors (Lipinski definition) is 3. The molecule has 10 nitrogen and oxygen atoms in total. The maximum absolute atomic E-state index is 13.7. The number of anilines is 2. The highest BCUT2D eigenvalue weighted by Gasteiger charge is 2.34. The molecular formula is C30H35FN4O6S. The molecule has 0 unspecified atom stereocenters. The molecule has 1 heterocycles. The number of fused-ring (bicyclic) bond motifs is 1. The van der Waals surface area contributed by atoms with Crippen molar-refractivity contribution in [1.29, 1.82) is 0 Å². The van der Waals surface area contributed by atoms with Crippen molar-refractivity contribution in [2.45, 2.75) is 37.8 Å². The van der Waals surface area contributed by atoms with Crippen molar-refractivity contribution in [2.75, 3.05) is 36.8 Å². The van der Waals surface area contributed by atoms with Crippen LogP contribution in [0.4, 0.5) is 20.6 Å². The Morgan fingerprint density at radius 2 is 1.76 bits per heavy atom. The first-order valence-corrected chi connectivity index (χ1v) is 15.0. The Balaban J connectivity index is 1.61. The zero-order valence-corrected chi connectivity index (χ0v) is 24.7. The molecule has 4 rings (SSSR count). The summed E-state index contributed by atoms with van der Waals surface area (Å²) in [4.78, 5) is 29.6. The summed E-state index contributed by atoms with van der Waals surface area (Å²) in [6.07, 6.45) is -0.565. The van der Waals surface area contributed by atoms with Crippen LogP contribution >= 0.6 is 0 Å². The van der Waals surface area contributed by atoms with Gasteiger partial charge in [-0.1, -0.05) is 24.6 Å². The van der Waals surface area contributed by atoms with E-state index in [-0.39, 0.29) is 47.5 Å². The van der Waals surface area contributed by atoms with E-state index in [2.05, 4.69) is 10.0 Å².